The maximum absolute atomic E-state index is 13.9. The van der Waals surface area contributed by atoms with Crippen LogP contribution in [0.2, 0.25) is 0 Å². The van der Waals surface area contributed by atoms with Gasteiger partial charge in [-0.15, -0.1) is 0 Å². The Bertz CT molecular complexity index is 1050. The second kappa shape index (κ2) is 14.5. The van der Waals surface area contributed by atoms with Gasteiger partial charge in [0, 0.05) is 18.0 Å². The molecule has 0 saturated carbocycles. The minimum atomic E-state index is -1.04. The third-order valence-electron chi connectivity index (χ3n) is 5.58. The summed E-state index contributed by atoms with van der Waals surface area (Å²) >= 11 is 4.30. The number of hydrogen-bond donors (Lipinski definition) is 4. The van der Waals surface area contributed by atoms with E-state index in [1.807, 2.05) is 6.92 Å². The van der Waals surface area contributed by atoms with Gasteiger partial charge in [-0.25, -0.2) is 4.79 Å². The van der Waals surface area contributed by atoms with Gasteiger partial charge < -0.3 is 30.1 Å². The number of phenols is 1. The zero-order chi connectivity index (χ0) is 28.3. The van der Waals surface area contributed by atoms with E-state index in [9.17, 15) is 19.5 Å². The van der Waals surface area contributed by atoms with Gasteiger partial charge in [0.1, 0.15) is 29.2 Å². The van der Waals surface area contributed by atoms with Gasteiger partial charge in [-0.2, -0.15) is 12.6 Å². The molecule has 3 amide bonds. The Morgan fingerprint density at radius 2 is 1.66 bits per heavy atom. The molecule has 2 aromatic carbocycles. The number of amides is 3. The Morgan fingerprint density at radius 1 is 1.03 bits per heavy atom. The van der Waals surface area contributed by atoms with Crippen molar-refractivity contribution in [2.45, 2.75) is 64.6 Å². The summed E-state index contributed by atoms with van der Waals surface area (Å²) in [6, 6.07) is 10.9. The smallest absolute Gasteiger partial charge is 0.408 e. The molecule has 3 N–H and O–H groups in total. The molecule has 0 aliphatic carbocycles. The number of benzene rings is 2. The van der Waals surface area contributed by atoms with Crippen LogP contribution >= 0.6 is 12.6 Å². The predicted molar refractivity (Wildman–Crippen MR) is 151 cm³/mol. The van der Waals surface area contributed by atoms with Gasteiger partial charge in [-0.3, -0.25) is 9.59 Å². The molecule has 2 aromatic rings. The van der Waals surface area contributed by atoms with Crippen LogP contribution in [0.1, 0.15) is 58.6 Å². The van der Waals surface area contributed by atoms with Crippen LogP contribution in [0.25, 0.3) is 0 Å². The maximum Gasteiger partial charge on any atom is 0.408 e. The molecule has 0 fully saturated rings. The zero-order valence-corrected chi connectivity index (χ0v) is 23.6. The molecule has 0 bridgehead atoms. The van der Waals surface area contributed by atoms with Gasteiger partial charge in [0.15, 0.2) is 0 Å². The van der Waals surface area contributed by atoms with Gasteiger partial charge in [-0.1, -0.05) is 31.9 Å². The first kappa shape index (κ1) is 30.8. The van der Waals surface area contributed by atoms with Gasteiger partial charge in [-0.05, 0) is 69.2 Å². The third-order valence-corrected chi connectivity index (χ3v) is 5.95. The van der Waals surface area contributed by atoms with Gasteiger partial charge in [0.05, 0.1) is 7.11 Å². The summed E-state index contributed by atoms with van der Waals surface area (Å²) in [6.45, 7) is 7.50. The average Bonchev–Trinajstić information content (AvgIpc) is 2.86. The molecule has 2 atom stereocenters. The Labute approximate surface area is 230 Å². The van der Waals surface area contributed by atoms with Crippen LogP contribution < -0.4 is 15.4 Å². The number of rotatable bonds is 12. The molecule has 0 saturated heterocycles. The van der Waals surface area contributed by atoms with E-state index in [4.69, 9.17) is 9.47 Å². The standard InChI is InChI=1S/C28H39N3O6S/c1-6-7-8-17-31(26(34)23(18-38)30-27(35)37-28(2,3)4)24(19-9-13-21(32)14-10-19)25(33)29-20-11-15-22(36-5)16-12-20/h9-16,23-24,32,38H,6-8,17-18H2,1-5H3,(H,29,33)(H,30,35). The summed E-state index contributed by atoms with van der Waals surface area (Å²) in [6.07, 6.45) is 1.66. The zero-order valence-electron chi connectivity index (χ0n) is 22.7. The molecular weight excluding hydrogens is 506 g/mol. The maximum atomic E-state index is 13.9. The molecule has 2 unspecified atom stereocenters. The summed E-state index contributed by atoms with van der Waals surface area (Å²) < 4.78 is 10.5. The van der Waals surface area contributed by atoms with Crippen molar-refractivity contribution in [3.8, 4) is 11.5 Å². The number of methoxy groups -OCH3 is 1. The molecule has 0 heterocycles. The fourth-order valence-corrected chi connectivity index (χ4v) is 4.00. The SMILES string of the molecule is CCCCCN(C(=O)C(CS)NC(=O)OC(C)(C)C)C(C(=O)Nc1ccc(OC)cc1)c1ccc(O)cc1. The highest BCUT2D eigenvalue weighted by Gasteiger charge is 2.35. The van der Waals surface area contributed by atoms with Crippen molar-refractivity contribution >= 4 is 36.2 Å². The number of alkyl carbamates (subject to hydrolysis) is 1. The van der Waals surface area contributed by atoms with Crippen LogP contribution in [0.15, 0.2) is 48.5 Å². The van der Waals surface area contributed by atoms with Crippen LogP contribution in [0.5, 0.6) is 11.5 Å². The second-order valence-corrected chi connectivity index (χ2v) is 10.2. The Balaban J connectivity index is 2.44. The summed E-state index contributed by atoms with van der Waals surface area (Å²) in [7, 11) is 1.55. The van der Waals surface area contributed by atoms with Gasteiger partial charge in [0.2, 0.25) is 5.91 Å². The average molecular weight is 546 g/mol. The van der Waals surface area contributed by atoms with Crippen LogP contribution in [0, 0.1) is 0 Å². The lowest BCUT2D eigenvalue weighted by Gasteiger charge is -2.34. The molecule has 0 aromatic heterocycles. The number of carbonyl (C=O) groups excluding carboxylic acids is 3. The van der Waals surface area contributed by atoms with Crippen molar-refractivity contribution in [2.75, 3.05) is 24.7 Å². The summed E-state index contributed by atoms with van der Waals surface area (Å²) in [5.41, 5.74) is 0.286. The number of anilines is 1. The lowest BCUT2D eigenvalue weighted by Crippen LogP contribution is -2.53. The van der Waals surface area contributed by atoms with Gasteiger partial charge >= 0.3 is 6.09 Å². The fraction of sp³-hybridized carbons (Fsp3) is 0.464. The van der Waals surface area contributed by atoms with E-state index in [1.54, 1.807) is 64.3 Å². The molecule has 0 aliphatic rings. The third kappa shape index (κ3) is 9.48. The first-order chi connectivity index (χ1) is 18.0. The van der Waals surface area contributed by atoms with Crippen molar-refractivity contribution in [1.29, 1.82) is 0 Å². The summed E-state index contributed by atoms with van der Waals surface area (Å²) in [4.78, 5) is 41.5. The monoisotopic (exact) mass is 545 g/mol. The number of carbonyl (C=O) groups is 3. The molecule has 208 valence electrons. The summed E-state index contributed by atoms with van der Waals surface area (Å²) in [5, 5.41) is 15.3. The van der Waals surface area contributed by atoms with Gasteiger partial charge in [0.25, 0.3) is 5.91 Å². The number of nitrogens with one attached hydrogen (secondary N) is 2. The highest BCUT2D eigenvalue weighted by Crippen LogP contribution is 2.27. The molecule has 10 heteroatoms. The van der Waals surface area contributed by atoms with E-state index in [2.05, 4.69) is 23.3 Å². The Morgan fingerprint density at radius 3 is 2.18 bits per heavy atom. The Hall–Kier alpha value is -3.40. The second-order valence-electron chi connectivity index (χ2n) is 9.83. The highest BCUT2D eigenvalue weighted by molar-refractivity contribution is 7.80. The van der Waals surface area contributed by atoms with E-state index in [1.165, 1.54) is 17.0 Å². The van der Waals surface area contributed by atoms with Crippen molar-refractivity contribution in [3.63, 3.8) is 0 Å². The first-order valence-electron chi connectivity index (χ1n) is 12.6. The topological polar surface area (TPSA) is 117 Å². The number of unbranched alkanes of at least 4 members (excludes halogenated alkanes) is 2. The molecular formula is C28H39N3O6S. The fourth-order valence-electron chi connectivity index (χ4n) is 3.75. The normalized spacial score (nSPS) is 12.7. The van der Waals surface area contributed by atoms with E-state index in [0.717, 1.165) is 12.8 Å². The molecule has 0 radical (unpaired) electrons. The van der Waals surface area contributed by atoms with Crippen LogP contribution in [-0.2, 0) is 14.3 Å². The largest absolute Gasteiger partial charge is 0.508 e. The molecule has 0 aliphatic heterocycles. The predicted octanol–water partition coefficient (Wildman–Crippen LogP) is 4.92. The minimum Gasteiger partial charge on any atom is -0.508 e. The quantitative estimate of drug-likeness (QED) is 0.222. The molecule has 2 rings (SSSR count). The van der Waals surface area contributed by atoms with Crippen LogP contribution in [0.4, 0.5) is 10.5 Å². The number of nitrogens with zero attached hydrogens (tertiary/aromatic N) is 1. The molecule has 9 nitrogen and oxygen atoms in total. The van der Waals surface area contributed by atoms with E-state index in [0.29, 0.717) is 23.4 Å². The van der Waals surface area contributed by atoms with Crippen molar-refractivity contribution in [3.05, 3.63) is 54.1 Å². The lowest BCUT2D eigenvalue weighted by molar-refractivity contribution is -0.140. The number of ether oxygens (including phenoxy) is 2. The van der Waals surface area contributed by atoms with E-state index < -0.39 is 35.6 Å². The highest BCUT2D eigenvalue weighted by atomic mass is 32.1. The summed E-state index contributed by atoms with van der Waals surface area (Å²) in [5.74, 6) is -0.234. The molecule has 38 heavy (non-hydrogen) atoms. The van der Waals surface area contributed by atoms with Crippen molar-refractivity contribution < 1.29 is 29.0 Å². The molecule has 0 spiro atoms. The lowest BCUT2D eigenvalue weighted by atomic mass is 10.0. The van der Waals surface area contributed by atoms with E-state index >= 15 is 0 Å². The number of phenolic OH excluding ortho intramolecular Hbond substituents is 1. The number of thiol groups is 1. The number of hydrogen-bond acceptors (Lipinski definition) is 7. The van der Waals surface area contributed by atoms with Crippen molar-refractivity contribution in [1.82, 2.24) is 10.2 Å². The van der Waals surface area contributed by atoms with Crippen molar-refractivity contribution in [2.24, 2.45) is 0 Å². The minimum absolute atomic E-state index is 0.00471. The Kier molecular flexibility index (Phi) is 11.8. The van der Waals surface area contributed by atoms with E-state index in [-0.39, 0.29) is 18.0 Å². The number of aromatic hydroxyl groups is 1. The first-order valence-corrected chi connectivity index (χ1v) is 13.3. The van der Waals surface area contributed by atoms with Crippen LogP contribution in [0.3, 0.4) is 0 Å². The van der Waals surface area contributed by atoms with Crippen LogP contribution in [-0.4, -0.2) is 59.0 Å².